The first-order chi connectivity index (χ1) is 17.2. The Morgan fingerprint density at radius 2 is 1.81 bits per heavy atom. The topological polar surface area (TPSA) is 58.6 Å². The largest absolute Gasteiger partial charge is 0.495 e. The maximum Gasteiger partial charge on any atom is 0.392 e. The Bertz CT molecular complexity index is 1290. The quantitative estimate of drug-likeness (QED) is 0.245. The van der Waals surface area contributed by atoms with Crippen molar-refractivity contribution in [1.29, 1.82) is 0 Å². The van der Waals surface area contributed by atoms with E-state index in [0.29, 0.717) is 33.9 Å². The molecule has 0 aromatic heterocycles. The zero-order chi connectivity index (χ0) is 25.9. The van der Waals surface area contributed by atoms with Gasteiger partial charge in [-0.1, -0.05) is 42.5 Å². The SMILES string of the molecule is COc1cc(C(=O)O)ccc1NSc1cccc(-c2ccc(C3=CCC(C(F)(F)F)CC3)cc2)c1F. The number of hydrogen-bond acceptors (Lipinski definition) is 4. The molecule has 9 heteroatoms. The van der Waals surface area contributed by atoms with Crippen molar-refractivity contribution < 1.29 is 32.2 Å². The van der Waals surface area contributed by atoms with Gasteiger partial charge >= 0.3 is 12.1 Å². The summed E-state index contributed by atoms with van der Waals surface area (Å²) in [5.74, 6) is -2.50. The lowest BCUT2D eigenvalue weighted by Gasteiger charge is -2.24. The van der Waals surface area contributed by atoms with Gasteiger partial charge in [-0.25, -0.2) is 9.18 Å². The van der Waals surface area contributed by atoms with E-state index in [1.807, 2.05) is 12.1 Å². The van der Waals surface area contributed by atoms with E-state index in [1.54, 1.807) is 42.5 Å². The van der Waals surface area contributed by atoms with Gasteiger partial charge in [0.05, 0.1) is 29.2 Å². The highest BCUT2D eigenvalue weighted by Crippen LogP contribution is 2.40. The molecule has 0 saturated heterocycles. The van der Waals surface area contributed by atoms with Gasteiger partial charge in [-0.2, -0.15) is 13.2 Å². The van der Waals surface area contributed by atoms with E-state index in [1.165, 1.54) is 19.2 Å². The van der Waals surface area contributed by atoms with Crippen LogP contribution in [-0.4, -0.2) is 24.4 Å². The van der Waals surface area contributed by atoms with Crippen LogP contribution in [0.5, 0.6) is 5.75 Å². The third-order valence-electron chi connectivity index (χ3n) is 6.12. The molecule has 0 amide bonds. The lowest BCUT2D eigenvalue weighted by molar-refractivity contribution is -0.175. The summed E-state index contributed by atoms with van der Waals surface area (Å²) < 4.78 is 62.3. The number of allylic oxidation sites excluding steroid dienone is 2. The Morgan fingerprint density at radius 3 is 2.42 bits per heavy atom. The monoisotopic (exact) mass is 517 g/mol. The Hall–Kier alpha value is -3.46. The third kappa shape index (κ3) is 5.67. The second-order valence-electron chi connectivity index (χ2n) is 8.36. The minimum absolute atomic E-state index is 0.0225. The molecule has 0 radical (unpaired) electrons. The molecular formula is C27H23F4NO3S. The van der Waals surface area contributed by atoms with Gasteiger partial charge in [-0.3, -0.25) is 0 Å². The van der Waals surface area contributed by atoms with Crippen molar-refractivity contribution in [3.05, 3.63) is 83.7 Å². The Labute approximate surface area is 210 Å². The predicted molar refractivity (Wildman–Crippen MR) is 133 cm³/mol. The molecule has 0 bridgehead atoms. The molecule has 0 saturated carbocycles. The third-order valence-corrected chi connectivity index (χ3v) is 6.98. The molecule has 3 aromatic carbocycles. The predicted octanol–water partition coefficient (Wildman–Crippen LogP) is 8.06. The van der Waals surface area contributed by atoms with Crippen molar-refractivity contribution in [2.45, 2.75) is 30.3 Å². The van der Waals surface area contributed by atoms with Crippen LogP contribution in [0.15, 0.2) is 71.6 Å². The zero-order valence-corrected chi connectivity index (χ0v) is 20.0. The number of ether oxygens (including phenoxy) is 1. The van der Waals surface area contributed by atoms with Gasteiger partial charge < -0.3 is 14.6 Å². The molecule has 2 N–H and O–H groups in total. The molecule has 0 fully saturated rings. The number of hydrogen-bond donors (Lipinski definition) is 2. The molecule has 0 aliphatic heterocycles. The van der Waals surface area contributed by atoms with E-state index < -0.39 is 23.9 Å². The number of carbonyl (C=O) groups is 1. The Kier molecular flexibility index (Phi) is 7.59. The fourth-order valence-electron chi connectivity index (χ4n) is 4.09. The molecule has 4 nitrogen and oxygen atoms in total. The average Bonchev–Trinajstić information content (AvgIpc) is 2.87. The molecule has 1 aliphatic carbocycles. The summed E-state index contributed by atoms with van der Waals surface area (Å²) in [7, 11) is 1.42. The molecule has 1 aliphatic rings. The fraction of sp³-hybridized carbons (Fsp3) is 0.222. The summed E-state index contributed by atoms with van der Waals surface area (Å²) in [6.45, 7) is 0. The van der Waals surface area contributed by atoms with E-state index >= 15 is 4.39 Å². The fourth-order valence-corrected chi connectivity index (χ4v) is 4.82. The first kappa shape index (κ1) is 25.6. The Morgan fingerprint density at radius 1 is 1.08 bits per heavy atom. The van der Waals surface area contributed by atoms with Crippen molar-refractivity contribution >= 4 is 29.2 Å². The summed E-state index contributed by atoms with van der Waals surface area (Å²) >= 11 is 1.03. The van der Waals surface area contributed by atoms with Crippen molar-refractivity contribution in [2.24, 2.45) is 5.92 Å². The average molecular weight is 518 g/mol. The molecule has 1 atom stereocenters. The highest BCUT2D eigenvalue weighted by Gasteiger charge is 2.39. The number of anilines is 1. The summed E-state index contributed by atoms with van der Waals surface area (Å²) in [5, 5.41) is 9.13. The second kappa shape index (κ2) is 10.7. The maximum absolute atomic E-state index is 15.3. The van der Waals surface area contributed by atoms with Gasteiger partial charge in [0.1, 0.15) is 11.6 Å². The number of alkyl halides is 3. The minimum atomic E-state index is -4.17. The van der Waals surface area contributed by atoms with Crippen LogP contribution in [0.1, 0.15) is 35.2 Å². The van der Waals surface area contributed by atoms with Gasteiger partial charge in [-0.15, -0.1) is 0 Å². The molecule has 188 valence electrons. The smallest absolute Gasteiger partial charge is 0.392 e. The molecule has 0 spiro atoms. The van der Waals surface area contributed by atoms with Gasteiger partial charge in [0.25, 0.3) is 0 Å². The van der Waals surface area contributed by atoms with E-state index in [9.17, 15) is 18.0 Å². The number of nitrogens with one attached hydrogen (secondary N) is 1. The van der Waals surface area contributed by atoms with E-state index in [0.717, 1.165) is 23.1 Å². The van der Waals surface area contributed by atoms with Crippen LogP contribution in [-0.2, 0) is 0 Å². The lowest BCUT2D eigenvalue weighted by atomic mass is 9.86. The van der Waals surface area contributed by atoms with Gasteiger partial charge in [0.2, 0.25) is 0 Å². The second-order valence-corrected chi connectivity index (χ2v) is 9.21. The first-order valence-electron chi connectivity index (χ1n) is 11.2. The van der Waals surface area contributed by atoms with E-state index in [2.05, 4.69) is 4.72 Å². The minimum Gasteiger partial charge on any atom is -0.495 e. The number of rotatable bonds is 7. The molecular weight excluding hydrogens is 494 g/mol. The molecule has 0 heterocycles. The van der Waals surface area contributed by atoms with Gasteiger partial charge in [-0.05, 0) is 72.2 Å². The molecule has 1 unspecified atom stereocenters. The lowest BCUT2D eigenvalue weighted by Crippen LogP contribution is -2.24. The zero-order valence-electron chi connectivity index (χ0n) is 19.2. The number of carboxylic acids is 1. The highest BCUT2D eigenvalue weighted by atomic mass is 32.2. The van der Waals surface area contributed by atoms with Crippen LogP contribution in [0.4, 0.5) is 23.2 Å². The number of aromatic carboxylic acids is 1. The normalized spacial score (nSPS) is 15.8. The van der Waals surface area contributed by atoms with Gasteiger partial charge in [0.15, 0.2) is 0 Å². The molecule has 36 heavy (non-hydrogen) atoms. The number of methoxy groups -OCH3 is 1. The van der Waals surface area contributed by atoms with E-state index in [4.69, 9.17) is 9.84 Å². The van der Waals surface area contributed by atoms with Crippen LogP contribution in [0.3, 0.4) is 0 Å². The summed E-state index contributed by atoms with van der Waals surface area (Å²) in [5.41, 5.74) is 3.31. The Balaban J connectivity index is 1.49. The van der Waals surface area contributed by atoms with Crippen molar-refractivity contribution in [1.82, 2.24) is 0 Å². The number of carboxylic acid groups (broad SMARTS) is 1. The molecule has 3 aromatic rings. The number of benzene rings is 3. The van der Waals surface area contributed by atoms with Crippen LogP contribution in [0.2, 0.25) is 0 Å². The molecule has 4 rings (SSSR count). The van der Waals surface area contributed by atoms with Crippen LogP contribution < -0.4 is 9.46 Å². The summed E-state index contributed by atoms with van der Waals surface area (Å²) in [4.78, 5) is 11.5. The highest BCUT2D eigenvalue weighted by molar-refractivity contribution is 8.00. The van der Waals surface area contributed by atoms with Gasteiger partial charge in [0, 0.05) is 5.56 Å². The van der Waals surface area contributed by atoms with Crippen molar-refractivity contribution in [3.8, 4) is 16.9 Å². The van der Waals surface area contributed by atoms with Crippen LogP contribution >= 0.6 is 11.9 Å². The van der Waals surface area contributed by atoms with Crippen LogP contribution in [0.25, 0.3) is 16.7 Å². The summed E-state index contributed by atoms with van der Waals surface area (Å²) in [6.07, 6.45) is -2.12. The van der Waals surface area contributed by atoms with Crippen LogP contribution in [0, 0.1) is 11.7 Å². The maximum atomic E-state index is 15.3. The first-order valence-corrected chi connectivity index (χ1v) is 12.0. The standard InChI is InChI=1S/C27H23F4NO3S/c1-35-23-15-19(26(33)34)11-14-22(23)32-36-24-4-2-3-21(25(24)28)18-7-5-16(6-8-18)17-9-12-20(13-10-17)27(29,30)31/h2-9,11,14-15,20,32H,10,12-13H2,1H3,(H,33,34). The number of halogens is 4. The van der Waals surface area contributed by atoms with Crippen molar-refractivity contribution in [2.75, 3.05) is 11.8 Å². The van der Waals surface area contributed by atoms with Crippen molar-refractivity contribution in [3.63, 3.8) is 0 Å². The van der Waals surface area contributed by atoms with E-state index in [-0.39, 0.29) is 18.4 Å². The summed E-state index contributed by atoms with van der Waals surface area (Å²) in [6, 6.07) is 16.5.